The molecule has 6 nitrogen and oxygen atoms in total. The third kappa shape index (κ3) is 3.15. The van der Waals surface area contributed by atoms with Crippen LogP contribution in [0, 0.1) is 10.1 Å². The molecule has 1 aliphatic carbocycles. The molecule has 0 aromatic carbocycles. The molecule has 0 aliphatic heterocycles. The zero-order valence-electron chi connectivity index (χ0n) is 11.8. The van der Waals surface area contributed by atoms with Crippen molar-refractivity contribution in [3.8, 4) is 0 Å². The number of hydrogen-bond donors (Lipinski definition) is 2. The number of nitrogens with zero attached hydrogens (tertiary/aromatic N) is 2. The highest BCUT2D eigenvalue weighted by atomic mass is 32.2. The average molecular weight is 296 g/mol. The van der Waals surface area contributed by atoms with E-state index in [1.54, 1.807) is 6.07 Å². The second kappa shape index (κ2) is 6.30. The van der Waals surface area contributed by atoms with Crippen LogP contribution in [0.25, 0.3) is 0 Å². The second-order valence-electron chi connectivity index (χ2n) is 4.95. The third-order valence-electron chi connectivity index (χ3n) is 3.70. The summed E-state index contributed by atoms with van der Waals surface area (Å²) in [4.78, 5) is 15.0. The highest BCUT2D eigenvalue weighted by molar-refractivity contribution is 8.00. The summed E-state index contributed by atoms with van der Waals surface area (Å²) in [7, 11) is 0. The van der Waals surface area contributed by atoms with Crippen LogP contribution in [0.4, 0.5) is 17.3 Å². The van der Waals surface area contributed by atoms with E-state index in [1.807, 2.05) is 18.7 Å². The smallest absolute Gasteiger partial charge is 0.311 e. The van der Waals surface area contributed by atoms with E-state index >= 15 is 0 Å². The van der Waals surface area contributed by atoms with Gasteiger partial charge in [-0.3, -0.25) is 10.1 Å². The predicted molar refractivity (Wildman–Crippen MR) is 83.6 cm³/mol. The number of thioether (sulfide) groups is 1. The van der Waals surface area contributed by atoms with Gasteiger partial charge in [0, 0.05) is 23.9 Å². The van der Waals surface area contributed by atoms with E-state index < -0.39 is 4.92 Å². The molecule has 0 unspecified atom stereocenters. The van der Waals surface area contributed by atoms with Gasteiger partial charge >= 0.3 is 5.69 Å². The Morgan fingerprint density at radius 2 is 2.20 bits per heavy atom. The average Bonchev–Trinajstić information content (AvgIpc) is 2.38. The van der Waals surface area contributed by atoms with Crippen LogP contribution < -0.4 is 10.6 Å². The van der Waals surface area contributed by atoms with E-state index in [0.29, 0.717) is 11.6 Å². The van der Waals surface area contributed by atoms with E-state index in [4.69, 9.17) is 0 Å². The van der Waals surface area contributed by atoms with Crippen LogP contribution >= 0.6 is 11.8 Å². The molecule has 1 aliphatic rings. The van der Waals surface area contributed by atoms with Gasteiger partial charge in [0.1, 0.15) is 5.82 Å². The molecule has 1 aromatic heterocycles. The van der Waals surface area contributed by atoms with Crippen molar-refractivity contribution in [1.82, 2.24) is 4.98 Å². The van der Waals surface area contributed by atoms with E-state index in [1.165, 1.54) is 12.5 Å². The number of pyridine rings is 1. The van der Waals surface area contributed by atoms with Gasteiger partial charge in [0.2, 0.25) is 5.82 Å². The topological polar surface area (TPSA) is 80.1 Å². The Bertz CT molecular complexity index is 486. The fraction of sp³-hybridized carbons (Fsp3) is 0.615. The molecule has 0 saturated heterocycles. The molecule has 20 heavy (non-hydrogen) atoms. The number of hydrogen-bond acceptors (Lipinski definition) is 6. The molecule has 2 N–H and O–H groups in total. The minimum Gasteiger partial charge on any atom is -0.370 e. The first-order valence-electron chi connectivity index (χ1n) is 6.78. The number of aromatic nitrogens is 1. The summed E-state index contributed by atoms with van der Waals surface area (Å²) < 4.78 is 0.212. The van der Waals surface area contributed by atoms with Gasteiger partial charge < -0.3 is 10.6 Å². The normalized spacial score (nSPS) is 16.3. The molecule has 7 heteroatoms. The van der Waals surface area contributed by atoms with Crippen molar-refractivity contribution in [2.24, 2.45) is 0 Å². The Morgan fingerprint density at radius 3 is 2.70 bits per heavy atom. The van der Waals surface area contributed by atoms with E-state index in [-0.39, 0.29) is 10.4 Å². The number of nitrogens with one attached hydrogen (secondary N) is 2. The largest absolute Gasteiger partial charge is 0.370 e. The van der Waals surface area contributed by atoms with Crippen LogP contribution in [0.15, 0.2) is 12.1 Å². The number of rotatable bonds is 7. The highest BCUT2D eigenvalue weighted by Gasteiger charge is 2.36. The van der Waals surface area contributed by atoms with Crippen molar-refractivity contribution in [3.63, 3.8) is 0 Å². The lowest BCUT2D eigenvalue weighted by molar-refractivity contribution is -0.384. The van der Waals surface area contributed by atoms with E-state index in [2.05, 4.69) is 21.9 Å². The maximum Gasteiger partial charge on any atom is 0.311 e. The first-order chi connectivity index (χ1) is 9.60. The van der Waals surface area contributed by atoms with Crippen molar-refractivity contribution >= 4 is 29.1 Å². The molecule has 2 rings (SSSR count). The minimum absolute atomic E-state index is 0.0298. The molecule has 0 spiro atoms. The van der Waals surface area contributed by atoms with Crippen LogP contribution in [0.3, 0.4) is 0 Å². The Kier molecular flexibility index (Phi) is 4.69. The van der Waals surface area contributed by atoms with Gasteiger partial charge in [0.05, 0.1) is 4.92 Å². The molecule has 0 radical (unpaired) electrons. The highest BCUT2D eigenvalue weighted by Crippen LogP contribution is 2.43. The first-order valence-corrected chi connectivity index (χ1v) is 8.01. The standard InChI is InChI=1S/C13H20N4O2S/c1-3-14-11-6-5-10(17(18)19)12(16-11)15-9-13(20-2)7-4-8-13/h5-6H,3-4,7-9H2,1-2H3,(H2,14,15,16). The SMILES string of the molecule is CCNc1ccc([N+](=O)[O-])c(NCC2(SC)CCC2)n1. The van der Waals surface area contributed by atoms with Crippen LogP contribution in [-0.4, -0.2) is 34.0 Å². The maximum atomic E-state index is 11.1. The van der Waals surface area contributed by atoms with Crippen LogP contribution in [0.2, 0.25) is 0 Å². The zero-order chi connectivity index (χ0) is 14.6. The summed E-state index contributed by atoms with van der Waals surface area (Å²) in [6, 6.07) is 3.14. The molecule has 1 aromatic rings. The Morgan fingerprint density at radius 1 is 1.45 bits per heavy atom. The Labute approximate surface area is 122 Å². The quantitative estimate of drug-likeness (QED) is 0.594. The monoisotopic (exact) mass is 296 g/mol. The lowest BCUT2D eigenvalue weighted by atomic mass is 9.84. The molecular formula is C13H20N4O2S. The fourth-order valence-corrected chi connectivity index (χ4v) is 3.19. The molecule has 0 amide bonds. The van der Waals surface area contributed by atoms with E-state index in [9.17, 15) is 10.1 Å². The zero-order valence-corrected chi connectivity index (χ0v) is 12.6. The lowest BCUT2D eigenvalue weighted by Gasteiger charge is -2.40. The summed E-state index contributed by atoms with van der Waals surface area (Å²) in [5, 5.41) is 17.3. The van der Waals surface area contributed by atoms with Crippen LogP contribution in [0.5, 0.6) is 0 Å². The van der Waals surface area contributed by atoms with Gasteiger partial charge in [0.15, 0.2) is 0 Å². The van der Waals surface area contributed by atoms with Gasteiger partial charge in [-0.05, 0) is 32.1 Å². The summed E-state index contributed by atoms with van der Waals surface area (Å²) >= 11 is 1.83. The van der Waals surface area contributed by atoms with E-state index in [0.717, 1.165) is 25.9 Å². The summed E-state index contributed by atoms with van der Waals surface area (Å²) in [6.45, 7) is 3.42. The van der Waals surface area contributed by atoms with Gasteiger partial charge in [-0.15, -0.1) is 0 Å². The van der Waals surface area contributed by atoms with Gasteiger partial charge in [-0.2, -0.15) is 11.8 Å². The molecule has 1 heterocycles. The number of anilines is 2. The van der Waals surface area contributed by atoms with Crippen molar-refractivity contribution in [2.45, 2.75) is 30.9 Å². The molecule has 0 bridgehead atoms. The van der Waals surface area contributed by atoms with Crippen LogP contribution in [-0.2, 0) is 0 Å². The predicted octanol–water partition coefficient (Wildman–Crippen LogP) is 3.12. The molecule has 110 valence electrons. The maximum absolute atomic E-state index is 11.1. The summed E-state index contributed by atoms with van der Waals surface area (Å²) in [5.74, 6) is 1.01. The van der Waals surface area contributed by atoms with Gasteiger partial charge in [-0.25, -0.2) is 4.98 Å². The number of nitro groups is 1. The van der Waals surface area contributed by atoms with Crippen molar-refractivity contribution < 1.29 is 4.92 Å². The lowest BCUT2D eigenvalue weighted by Crippen LogP contribution is -2.40. The van der Waals surface area contributed by atoms with Crippen molar-refractivity contribution in [2.75, 3.05) is 30.0 Å². The summed E-state index contributed by atoms with van der Waals surface area (Å²) in [5.41, 5.74) is 0.0298. The fourth-order valence-electron chi connectivity index (χ4n) is 2.28. The van der Waals surface area contributed by atoms with Gasteiger partial charge in [0.25, 0.3) is 0 Å². The first kappa shape index (κ1) is 14.9. The third-order valence-corrected chi connectivity index (χ3v) is 5.12. The van der Waals surface area contributed by atoms with Crippen molar-refractivity contribution in [1.29, 1.82) is 0 Å². The van der Waals surface area contributed by atoms with Crippen LogP contribution in [0.1, 0.15) is 26.2 Å². The molecule has 0 atom stereocenters. The van der Waals surface area contributed by atoms with Crippen molar-refractivity contribution in [3.05, 3.63) is 22.2 Å². The molecule has 1 fully saturated rings. The summed E-state index contributed by atoms with van der Waals surface area (Å²) in [6.07, 6.45) is 5.64. The van der Waals surface area contributed by atoms with Gasteiger partial charge in [-0.1, -0.05) is 6.42 Å². The molecular weight excluding hydrogens is 276 g/mol. The second-order valence-corrected chi connectivity index (χ2v) is 6.22. The molecule has 1 saturated carbocycles. The Balaban J connectivity index is 2.14. The Hall–Kier alpha value is -1.50. The minimum atomic E-state index is -0.391.